The van der Waals surface area contributed by atoms with E-state index in [-0.39, 0.29) is 5.91 Å². The van der Waals surface area contributed by atoms with Crippen molar-refractivity contribution in [3.63, 3.8) is 0 Å². The van der Waals surface area contributed by atoms with Crippen molar-refractivity contribution in [2.45, 2.75) is 0 Å². The highest BCUT2D eigenvalue weighted by molar-refractivity contribution is 6.13. The number of methoxy groups -OCH3 is 1. The van der Waals surface area contributed by atoms with Gasteiger partial charge in [-0.25, -0.2) is 0 Å². The molecule has 1 amide bonds. The van der Waals surface area contributed by atoms with Crippen LogP contribution in [0.4, 0.5) is 11.4 Å². The van der Waals surface area contributed by atoms with Gasteiger partial charge in [0.25, 0.3) is 5.91 Å². The van der Waals surface area contributed by atoms with Crippen LogP contribution in [0.15, 0.2) is 54.7 Å². The van der Waals surface area contributed by atoms with E-state index in [0.717, 1.165) is 5.39 Å². The molecule has 1 heterocycles. The summed E-state index contributed by atoms with van der Waals surface area (Å²) in [4.78, 5) is 16.8. The minimum Gasteiger partial charge on any atom is -0.494 e. The van der Waals surface area contributed by atoms with Crippen LogP contribution in [0.1, 0.15) is 10.4 Å². The molecule has 5 nitrogen and oxygen atoms in total. The van der Waals surface area contributed by atoms with Crippen LogP contribution in [0.2, 0.25) is 0 Å². The Balaban J connectivity index is 1.99. The average Bonchev–Trinajstić information content (AvgIpc) is 2.56. The number of carbonyl (C=O) groups is 1. The monoisotopic (exact) mass is 293 g/mol. The van der Waals surface area contributed by atoms with Gasteiger partial charge in [-0.05, 0) is 42.5 Å². The summed E-state index contributed by atoms with van der Waals surface area (Å²) >= 11 is 0. The van der Waals surface area contributed by atoms with Gasteiger partial charge in [0.1, 0.15) is 11.3 Å². The summed E-state index contributed by atoms with van der Waals surface area (Å²) in [6, 6.07) is 14.1. The van der Waals surface area contributed by atoms with Crippen LogP contribution in [0.5, 0.6) is 5.75 Å². The lowest BCUT2D eigenvalue weighted by Crippen LogP contribution is -2.12. The first-order valence-corrected chi connectivity index (χ1v) is 6.77. The number of carbonyl (C=O) groups excluding carboxylic acids is 1. The van der Waals surface area contributed by atoms with Crippen molar-refractivity contribution in [1.29, 1.82) is 0 Å². The van der Waals surface area contributed by atoms with Crippen molar-refractivity contribution < 1.29 is 9.53 Å². The van der Waals surface area contributed by atoms with E-state index >= 15 is 0 Å². The van der Waals surface area contributed by atoms with Gasteiger partial charge >= 0.3 is 0 Å². The molecule has 3 rings (SSSR count). The second kappa shape index (κ2) is 5.73. The second-order valence-corrected chi connectivity index (χ2v) is 4.79. The Morgan fingerprint density at radius 1 is 1.14 bits per heavy atom. The molecule has 0 bridgehead atoms. The third-order valence-electron chi connectivity index (χ3n) is 3.37. The average molecular weight is 293 g/mol. The third-order valence-corrected chi connectivity index (χ3v) is 3.37. The van der Waals surface area contributed by atoms with Crippen molar-refractivity contribution in [2.75, 3.05) is 18.2 Å². The first kappa shape index (κ1) is 13.9. The van der Waals surface area contributed by atoms with Crippen LogP contribution in [-0.4, -0.2) is 18.0 Å². The summed E-state index contributed by atoms with van der Waals surface area (Å²) in [6.45, 7) is 0. The normalized spacial score (nSPS) is 10.4. The van der Waals surface area contributed by atoms with Crippen molar-refractivity contribution in [3.8, 4) is 5.75 Å². The van der Waals surface area contributed by atoms with E-state index in [0.29, 0.717) is 28.2 Å². The Bertz CT molecular complexity index is 829. The molecule has 0 spiro atoms. The number of hydrogen-bond donors (Lipinski definition) is 2. The number of nitrogens with zero attached hydrogens (tertiary/aromatic N) is 1. The predicted octanol–water partition coefficient (Wildman–Crippen LogP) is 3.08. The Labute approximate surface area is 127 Å². The van der Waals surface area contributed by atoms with E-state index in [1.807, 2.05) is 6.07 Å². The highest BCUT2D eigenvalue weighted by atomic mass is 16.5. The van der Waals surface area contributed by atoms with Gasteiger partial charge in [-0.2, -0.15) is 0 Å². The highest BCUT2D eigenvalue weighted by Gasteiger charge is 2.13. The molecule has 0 radical (unpaired) electrons. The number of fused-ring (bicyclic) bond motifs is 1. The molecule has 3 N–H and O–H groups in total. The molecule has 0 unspecified atom stereocenters. The molecule has 3 aromatic rings. The Morgan fingerprint density at radius 3 is 2.64 bits per heavy atom. The van der Waals surface area contributed by atoms with E-state index in [1.54, 1.807) is 55.8 Å². The summed E-state index contributed by atoms with van der Waals surface area (Å²) < 4.78 is 5.29. The zero-order valence-corrected chi connectivity index (χ0v) is 12.0. The van der Waals surface area contributed by atoms with Crippen molar-refractivity contribution in [3.05, 3.63) is 60.3 Å². The molecule has 22 heavy (non-hydrogen) atoms. The number of hydrogen-bond acceptors (Lipinski definition) is 4. The summed E-state index contributed by atoms with van der Waals surface area (Å²) in [5.41, 5.74) is 8.18. The molecule has 0 aliphatic carbocycles. The maximum atomic E-state index is 12.5. The topological polar surface area (TPSA) is 77.2 Å². The van der Waals surface area contributed by atoms with Gasteiger partial charge < -0.3 is 15.8 Å². The smallest absolute Gasteiger partial charge is 0.256 e. The third kappa shape index (κ3) is 2.56. The number of pyridine rings is 1. The Morgan fingerprint density at radius 2 is 1.91 bits per heavy atom. The van der Waals surface area contributed by atoms with Gasteiger partial charge in [0, 0.05) is 28.5 Å². The number of benzene rings is 2. The van der Waals surface area contributed by atoms with Crippen molar-refractivity contribution in [2.24, 2.45) is 0 Å². The lowest BCUT2D eigenvalue weighted by molar-refractivity contribution is 0.102. The van der Waals surface area contributed by atoms with Crippen LogP contribution >= 0.6 is 0 Å². The zero-order chi connectivity index (χ0) is 15.5. The van der Waals surface area contributed by atoms with Crippen molar-refractivity contribution in [1.82, 2.24) is 4.98 Å². The molecule has 0 saturated heterocycles. The lowest BCUT2D eigenvalue weighted by atomic mass is 10.1. The second-order valence-electron chi connectivity index (χ2n) is 4.79. The number of anilines is 2. The van der Waals surface area contributed by atoms with E-state index in [9.17, 15) is 4.79 Å². The molecule has 1 aromatic heterocycles. The fourth-order valence-electron chi connectivity index (χ4n) is 2.27. The van der Waals surface area contributed by atoms with Gasteiger partial charge in [-0.1, -0.05) is 6.07 Å². The minimum atomic E-state index is -0.203. The molecule has 0 aliphatic heterocycles. The van der Waals surface area contributed by atoms with Gasteiger partial charge in [0.05, 0.1) is 7.11 Å². The maximum Gasteiger partial charge on any atom is 0.256 e. The molecule has 0 aliphatic rings. The first-order chi connectivity index (χ1) is 10.7. The van der Waals surface area contributed by atoms with Gasteiger partial charge in [0.2, 0.25) is 0 Å². The highest BCUT2D eigenvalue weighted by Crippen LogP contribution is 2.27. The fourth-order valence-corrected chi connectivity index (χ4v) is 2.27. The predicted molar refractivity (Wildman–Crippen MR) is 87.1 cm³/mol. The van der Waals surface area contributed by atoms with Crippen LogP contribution in [0, 0.1) is 0 Å². The van der Waals surface area contributed by atoms with Crippen LogP contribution < -0.4 is 15.8 Å². The van der Waals surface area contributed by atoms with E-state index < -0.39 is 0 Å². The van der Waals surface area contributed by atoms with Gasteiger partial charge in [-0.3, -0.25) is 9.78 Å². The van der Waals surface area contributed by atoms with Crippen LogP contribution in [0.25, 0.3) is 10.9 Å². The number of ether oxygens (including phenoxy) is 1. The zero-order valence-electron chi connectivity index (χ0n) is 12.0. The Kier molecular flexibility index (Phi) is 3.62. The fraction of sp³-hybridized carbons (Fsp3) is 0.0588. The van der Waals surface area contributed by atoms with Crippen LogP contribution in [-0.2, 0) is 0 Å². The molecular weight excluding hydrogens is 278 g/mol. The number of amides is 1. The van der Waals surface area contributed by atoms with Gasteiger partial charge in [0.15, 0.2) is 0 Å². The Hall–Kier alpha value is -3.08. The van der Waals surface area contributed by atoms with E-state index in [1.165, 1.54) is 0 Å². The molecule has 5 heteroatoms. The van der Waals surface area contributed by atoms with Crippen LogP contribution in [0.3, 0.4) is 0 Å². The standard InChI is InChI=1S/C17H15N3O2/c1-22-15-9-8-14(13-3-2-10-19-16(13)15)17(21)20-12-6-4-11(18)5-7-12/h2-10H,18H2,1H3,(H,20,21). The van der Waals surface area contributed by atoms with E-state index in [2.05, 4.69) is 10.3 Å². The summed E-state index contributed by atoms with van der Waals surface area (Å²) in [5, 5.41) is 3.60. The summed E-state index contributed by atoms with van der Waals surface area (Å²) in [7, 11) is 1.58. The molecule has 0 saturated carbocycles. The summed E-state index contributed by atoms with van der Waals surface area (Å²) in [5.74, 6) is 0.435. The number of nitrogens with two attached hydrogens (primary N) is 1. The minimum absolute atomic E-state index is 0.203. The molecule has 110 valence electrons. The first-order valence-electron chi connectivity index (χ1n) is 6.77. The molecule has 0 atom stereocenters. The number of rotatable bonds is 3. The van der Waals surface area contributed by atoms with Crippen molar-refractivity contribution >= 4 is 28.2 Å². The molecule has 0 fully saturated rings. The maximum absolute atomic E-state index is 12.5. The van der Waals surface area contributed by atoms with E-state index in [4.69, 9.17) is 10.5 Å². The lowest BCUT2D eigenvalue weighted by Gasteiger charge is -2.10. The number of aromatic nitrogens is 1. The largest absolute Gasteiger partial charge is 0.494 e. The number of nitrogen functional groups attached to an aromatic ring is 1. The number of nitrogens with one attached hydrogen (secondary N) is 1. The quantitative estimate of drug-likeness (QED) is 0.727. The molecule has 2 aromatic carbocycles. The summed E-state index contributed by atoms with van der Waals surface area (Å²) in [6.07, 6.45) is 1.67. The SMILES string of the molecule is COc1ccc(C(=O)Nc2ccc(N)cc2)c2cccnc12. The van der Waals surface area contributed by atoms with Gasteiger partial charge in [-0.15, -0.1) is 0 Å². The molecular formula is C17H15N3O2.